The Labute approximate surface area is 101 Å². The molecule has 3 N–H and O–H groups in total. The molecule has 5 heteroatoms. The van der Waals surface area contributed by atoms with E-state index >= 15 is 0 Å². The summed E-state index contributed by atoms with van der Waals surface area (Å²) in [5.41, 5.74) is 6.13. The summed E-state index contributed by atoms with van der Waals surface area (Å²) >= 11 is 0. The molecule has 0 heterocycles. The van der Waals surface area contributed by atoms with Crippen molar-refractivity contribution in [2.45, 2.75) is 12.8 Å². The highest BCUT2D eigenvalue weighted by molar-refractivity contribution is 5.97. The van der Waals surface area contributed by atoms with Gasteiger partial charge in [0.15, 0.2) is 5.84 Å². The Morgan fingerprint density at radius 2 is 2.12 bits per heavy atom. The minimum Gasteiger partial charge on any atom is -0.494 e. The molecular formula is C12H18N2O3. The number of rotatable bonds is 7. The Kier molecular flexibility index (Phi) is 5.88. The quantitative estimate of drug-likeness (QED) is 0.248. The van der Waals surface area contributed by atoms with Crippen LogP contribution in [0.3, 0.4) is 0 Å². The van der Waals surface area contributed by atoms with Gasteiger partial charge in [-0.15, -0.1) is 0 Å². The second-order valence-corrected chi connectivity index (χ2v) is 3.56. The lowest BCUT2D eigenvalue weighted by atomic mass is 10.2. The van der Waals surface area contributed by atoms with Gasteiger partial charge in [0.25, 0.3) is 0 Å². The smallest absolute Gasteiger partial charge is 0.170 e. The largest absolute Gasteiger partial charge is 0.494 e. The summed E-state index contributed by atoms with van der Waals surface area (Å²) in [5, 5.41) is 11.5. The van der Waals surface area contributed by atoms with Crippen molar-refractivity contribution in [1.29, 1.82) is 0 Å². The number of oxime groups is 1. The molecule has 1 aromatic carbocycles. The number of unbranched alkanes of at least 4 members (excludes halogenated alkanes) is 1. The molecule has 94 valence electrons. The Balaban J connectivity index is 2.43. The fourth-order valence-corrected chi connectivity index (χ4v) is 1.34. The lowest BCUT2D eigenvalue weighted by Crippen LogP contribution is -2.13. The number of hydrogen-bond acceptors (Lipinski definition) is 4. The summed E-state index contributed by atoms with van der Waals surface area (Å²) < 4.78 is 10.5. The van der Waals surface area contributed by atoms with Gasteiger partial charge in [0, 0.05) is 19.3 Å². The molecule has 0 unspecified atom stereocenters. The normalized spacial score (nSPS) is 11.5. The summed E-state index contributed by atoms with van der Waals surface area (Å²) in [6.07, 6.45) is 1.90. The van der Waals surface area contributed by atoms with E-state index in [0.717, 1.165) is 19.4 Å². The number of hydrogen-bond donors (Lipinski definition) is 2. The van der Waals surface area contributed by atoms with Crippen LogP contribution in [-0.4, -0.2) is 31.4 Å². The summed E-state index contributed by atoms with van der Waals surface area (Å²) in [6.45, 7) is 1.37. The number of amidine groups is 1. The van der Waals surface area contributed by atoms with Gasteiger partial charge in [0.1, 0.15) is 5.75 Å². The average molecular weight is 238 g/mol. The number of ether oxygens (including phenoxy) is 2. The molecule has 0 saturated carbocycles. The molecule has 0 spiro atoms. The molecule has 0 bridgehead atoms. The molecule has 17 heavy (non-hydrogen) atoms. The van der Waals surface area contributed by atoms with Gasteiger partial charge >= 0.3 is 0 Å². The molecule has 0 aliphatic heterocycles. The third-order valence-corrected chi connectivity index (χ3v) is 2.25. The summed E-state index contributed by atoms with van der Waals surface area (Å²) in [5.74, 6) is 0.793. The first-order valence-electron chi connectivity index (χ1n) is 5.47. The zero-order valence-corrected chi connectivity index (χ0v) is 9.93. The van der Waals surface area contributed by atoms with Crippen LogP contribution in [0.2, 0.25) is 0 Å². The molecule has 0 aliphatic rings. The van der Waals surface area contributed by atoms with Gasteiger partial charge < -0.3 is 20.4 Å². The average Bonchev–Trinajstić information content (AvgIpc) is 2.38. The zero-order chi connectivity index (χ0) is 12.5. The van der Waals surface area contributed by atoms with Gasteiger partial charge in [-0.3, -0.25) is 0 Å². The van der Waals surface area contributed by atoms with Crippen molar-refractivity contribution in [2.75, 3.05) is 20.3 Å². The summed E-state index contributed by atoms with van der Waals surface area (Å²) in [6, 6.07) is 7.14. The van der Waals surface area contributed by atoms with Crippen LogP contribution in [-0.2, 0) is 4.74 Å². The Hall–Kier alpha value is -1.75. The molecule has 0 radical (unpaired) electrons. The fraction of sp³-hybridized carbons (Fsp3) is 0.417. The van der Waals surface area contributed by atoms with Crippen molar-refractivity contribution >= 4 is 5.84 Å². The Morgan fingerprint density at radius 1 is 1.35 bits per heavy atom. The molecule has 0 fully saturated rings. The lowest BCUT2D eigenvalue weighted by Gasteiger charge is -2.07. The van der Waals surface area contributed by atoms with Crippen molar-refractivity contribution in [3.8, 4) is 5.75 Å². The maximum absolute atomic E-state index is 8.56. The van der Waals surface area contributed by atoms with E-state index in [-0.39, 0.29) is 5.84 Å². The van der Waals surface area contributed by atoms with Crippen LogP contribution in [0, 0.1) is 0 Å². The van der Waals surface area contributed by atoms with E-state index in [2.05, 4.69) is 5.16 Å². The van der Waals surface area contributed by atoms with E-state index in [9.17, 15) is 0 Å². The van der Waals surface area contributed by atoms with Crippen LogP contribution >= 0.6 is 0 Å². The van der Waals surface area contributed by atoms with Gasteiger partial charge in [-0.2, -0.15) is 0 Å². The minimum absolute atomic E-state index is 0.0785. The maximum Gasteiger partial charge on any atom is 0.170 e. The van der Waals surface area contributed by atoms with Crippen LogP contribution in [0.5, 0.6) is 5.75 Å². The van der Waals surface area contributed by atoms with E-state index < -0.39 is 0 Å². The highest BCUT2D eigenvalue weighted by atomic mass is 16.5. The number of nitrogens with zero attached hydrogens (tertiary/aromatic N) is 1. The van der Waals surface area contributed by atoms with Crippen LogP contribution in [0.15, 0.2) is 29.4 Å². The van der Waals surface area contributed by atoms with Gasteiger partial charge in [0.2, 0.25) is 0 Å². The fourth-order valence-electron chi connectivity index (χ4n) is 1.34. The first-order valence-corrected chi connectivity index (χ1v) is 5.47. The third kappa shape index (κ3) is 4.74. The second-order valence-electron chi connectivity index (χ2n) is 3.56. The van der Waals surface area contributed by atoms with Crippen molar-refractivity contribution in [3.63, 3.8) is 0 Å². The Bertz CT molecular complexity index is 367. The van der Waals surface area contributed by atoms with Crippen LogP contribution in [0.4, 0.5) is 0 Å². The first kappa shape index (κ1) is 13.3. The number of methoxy groups -OCH3 is 1. The highest BCUT2D eigenvalue weighted by Crippen LogP contribution is 2.13. The first-order chi connectivity index (χ1) is 8.27. The lowest BCUT2D eigenvalue weighted by molar-refractivity contribution is 0.184. The van der Waals surface area contributed by atoms with Gasteiger partial charge in [0.05, 0.1) is 6.61 Å². The maximum atomic E-state index is 8.56. The third-order valence-electron chi connectivity index (χ3n) is 2.25. The topological polar surface area (TPSA) is 77.1 Å². The molecule has 0 amide bonds. The molecule has 0 aliphatic carbocycles. The van der Waals surface area contributed by atoms with Gasteiger partial charge in [-0.05, 0) is 25.0 Å². The molecule has 1 rings (SSSR count). The highest BCUT2D eigenvalue weighted by Gasteiger charge is 2.01. The van der Waals surface area contributed by atoms with Crippen molar-refractivity contribution < 1.29 is 14.7 Å². The zero-order valence-electron chi connectivity index (χ0n) is 9.93. The molecule has 1 aromatic rings. The number of nitrogens with two attached hydrogens (primary N) is 1. The molecule has 5 nitrogen and oxygen atoms in total. The molecule has 0 atom stereocenters. The van der Waals surface area contributed by atoms with E-state index in [1.807, 2.05) is 6.07 Å². The monoisotopic (exact) mass is 238 g/mol. The molecular weight excluding hydrogens is 220 g/mol. The summed E-state index contributed by atoms with van der Waals surface area (Å²) in [4.78, 5) is 0. The van der Waals surface area contributed by atoms with Crippen molar-refractivity contribution in [1.82, 2.24) is 0 Å². The van der Waals surface area contributed by atoms with Crippen LogP contribution < -0.4 is 10.5 Å². The SMILES string of the molecule is COCCCCOc1cccc(/C(N)=N/O)c1. The van der Waals surface area contributed by atoms with Crippen LogP contribution in [0.1, 0.15) is 18.4 Å². The van der Waals surface area contributed by atoms with E-state index in [1.165, 1.54) is 0 Å². The minimum atomic E-state index is 0.0785. The van der Waals surface area contributed by atoms with E-state index in [1.54, 1.807) is 25.3 Å². The van der Waals surface area contributed by atoms with Crippen LogP contribution in [0.25, 0.3) is 0 Å². The van der Waals surface area contributed by atoms with Crippen molar-refractivity contribution in [2.24, 2.45) is 10.9 Å². The second kappa shape index (κ2) is 7.51. The predicted molar refractivity (Wildman–Crippen MR) is 65.6 cm³/mol. The number of benzene rings is 1. The Morgan fingerprint density at radius 3 is 2.82 bits per heavy atom. The van der Waals surface area contributed by atoms with E-state index in [4.69, 9.17) is 20.4 Å². The standard InChI is InChI=1S/C12H18N2O3/c1-16-7-2-3-8-17-11-6-4-5-10(9-11)12(13)14-15/h4-6,9,15H,2-3,7-8H2,1H3,(H2,13,14). The van der Waals surface area contributed by atoms with Crippen molar-refractivity contribution in [3.05, 3.63) is 29.8 Å². The molecule has 0 saturated heterocycles. The summed E-state index contributed by atoms with van der Waals surface area (Å²) in [7, 11) is 1.68. The van der Waals surface area contributed by atoms with Gasteiger partial charge in [-0.1, -0.05) is 17.3 Å². The molecule has 0 aromatic heterocycles. The predicted octanol–water partition coefficient (Wildman–Crippen LogP) is 1.59. The van der Waals surface area contributed by atoms with E-state index in [0.29, 0.717) is 17.9 Å². The van der Waals surface area contributed by atoms with Gasteiger partial charge in [-0.25, -0.2) is 0 Å².